The van der Waals surface area contributed by atoms with E-state index >= 15 is 0 Å². The Labute approximate surface area is 220 Å². The normalized spacial score (nSPS) is 13.7. The highest BCUT2D eigenvalue weighted by molar-refractivity contribution is 7.12. The van der Waals surface area contributed by atoms with Crippen molar-refractivity contribution >= 4 is 40.4 Å². The minimum atomic E-state index is -0.527. The Balaban J connectivity index is 1.58. The maximum atomic E-state index is 14.2. The van der Waals surface area contributed by atoms with Crippen LogP contribution in [0, 0.1) is 5.82 Å². The zero-order chi connectivity index (χ0) is 26.4. The zero-order valence-corrected chi connectivity index (χ0v) is 21.9. The van der Waals surface area contributed by atoms with Crippen LogP contribution in [-0.4, -0.2) is 66.8 Å². The molecule has 1 fully saturated rings. The number of thiophene rings is 1. The van der Waals surface area contributed by atoms with Crippen LogP contribution in [0.25, 0.3) is 0 Å². The fourth-order valence-corrected chi connectivity index (χ4v) is 5.13. The maximum Gasteiger partial charge on any atom is 0.265 e. The number of hydrogen-bond acceptors (Lipinski definition) is 5. The fraction of sp³-hybridized carbons (Fsp3) is 0.321. The van der Waals surface area contributed by atoms with Crippen LogP contribution in [0.4, 0.5) is 15.8 Å². The molecule has 0 aliphatic carbocycles. The number of nitrogens with zero attached hydrogens (tertiary/aromatic N) is 3. The number of rotatable bonds is 7. The van der Waals surface area contributed by atoms with E-state index in [1.165, 1.54) is 23.5 Å². The van der Waals surface area contributed by atoms with Crippen molar-refractivity contribution in [2.24, 2.45) is 0 Å². The van der Waals surface area contributed by atoms with E-state index in [4.69, 9.17) is 0 Å². The highest BCUT2D eigenvalue weighted by atomic mass is 32.1. The van der Waals surface area contributed by atoms with Crippen molar-refractivity contribution in [3.63, 3.8) is 0 Å². The van der Waals surface area contributed by atoms with E-state index in [1.807, 2.05) is 31.4 Å². The van der Waals surface area contributed by atoms with Gasteiger partial charge < -0.3 is 20.0 Å². The molecule has 9 heteroatoms. The molecule has 0 saturated carbocycles. The fourth-order valence-electron chi connectivity index (χ4n) is 4.51. The van der Waals surface area contributed by atoms with E-state index in [1.54, 1.807) is 40.1 Å². The second-order valence-electron chi connectivity index (χ2n) is 8.75. The molecular formula is C28H31FN4O3S. The van der Waals surface area contributed by atoms with Gasteiger partial charge in [-0.1, -0.05) is 18.2 Å². The molecule has 1 saturated heterocycles. The van der Waals surface area contributed by atoms with Crippen molar-refractivity contribution in [1.29, 1.82) is 0 Å². The lowest BCUT2D eigenvalue weighted by Crippen LogP contribution is -2.36. The molecule has 0 spiro atoms. The van der Waals surface area contributed by atoms with Gasteiger partial charge >= 0.3 is 0 Å². The van der Waals surface area contributed by atoms with Gasteiger partial charge in [0.1, 0.15) is 5.82 Å². The molecule has 194 valence electrons. The minimum absolute atomic E-state index is 0.0687. The Morgan fingerprint density at radius 2 is 1.73 bits per heavy atom. The predicted molar refractivity (Wildman–Crippen MR) is 145 cm³/mol. The van der Waals surface area contributed by atoms with Gasteiger partial charge in [-0.05, 0) is 62.0 Å². The summed E-state index contributed by atoms with van der Waals surface area (Å²) < 4.78 is 14.2. The van der Waals surface area contributed by atoms with Crippen molar-refractivity contribution in [3.8, 4) is 0 Å². The summed E-state index contributed by atoms with van der Waals surface area (Å²) in [5.41, 5.74) is 1.87. The first-order chi connectivity index (χ1) is 17.9. The third kappa shape index (κ3) is 5.99. The molecule has 4 rings (SSSR count). The summed E-state index contributed by atoms with van der Waals surface area (Å²) in [6, 6.07) is 15.0. The smallest absolute Gasteiger partial charge is 0.265 e. The summed E-state index contributed by atoms with van der Waals surface area (Å²) in [6.45, 7) is 7.03. The molecular weight excluding hydrogens is 491 g/mol. The van der Waals surface area contributed by atoms with Crippen LogP contribution in [0.15, 0.2) is 60.0 Å². The van der Waals surface area contributed by atoms with E-state index in [2.05, 4.69) is 10.2 Å². The van der Waals surface area contributed by atoms with Gasteiger partial charge in [-0.25, -0.2) is 4.39 Å². The molecule has 2 aromatic carbocycles. The molecule has 1 aliphatic rings. The second kappa shape index (κ2) is 12.0. The van der Waals surface area contributed by atoms with Gasteiger partial charge in [0, 0.05) is 50.6 Å². The lowest BCUT2D eigenvalue weighted by atomic mass is 10.1. The second-order valence-corrected chi connectivity index (χ2v) is 9.70. The van der Waals surface area contributed by atoms with Crippen LogP contribution in [0.5, 0.6) is 0 Å². The van der Waals surface area contributed by atoms with Crippen LogP contribution in [0.1, 0.15) is 50.7 Å². The molecule has 3 amide bonds. The highest BCUT2D eigenvalue weighted by Gasteiger charge is 2.26. The average Bonchev–Trinajstić information content (AvgIpc) is 3.35. The van der Waals surface area contributed by atoms with E-state index in [9.17, 15) is 18.8 Å². The Morgan fingerprint density at radius 1 is 0.946 bits per heavy atom. The summed E-state index contributed by atoms with van der Waals surface area (Å²) in [7, 11) is 0. The quantitative estimate of drug-likeness (QED) is 0.475. The molecule has 0 atom stereocenters. The van der Waals surface area contributed by atoms with Crippen molar-refractivity contribution in [1.82, 2.24) is 9.80 Å². The first kappa shape index (κ1) is 26.3. The molecule has 1 aromatic heterocycles. The Hall–Kier alpha value is -3.72. The number of carbonyl (C=O) groups is 3. The average molecular weight is 523 g/mol. The van der Waals surface area contributed by atoms with E-state index in [0.717, 1.165) is 5.69 Å². The topological polar surface area (TPSA) is 73.0 Å². The molecule has 7 nitrogen and oxygen atoms in total. The molecule has 2 heterocycles. The molecule has 1 aliphatic heterocycles. The first-order valence-electron chi connectivity index (χ1n) is 12.5. The van der Waals surface area contributed by atoms with Crippen molar-refractivity contribution in [3.05, 3.63) is 81.8 Å². The van der Waals surface area contributed by atoms with Crippen LogP contribution in [0.2, 0.25) is 0 Å². The van der Waals surface area contributed by atoms with Gasteiger partial charge in [0.05, 0.1) is 16.0 Å². The van der Waals surface area contributed by atoms with Crippen LogP contribution in [0.3, 0.4) is 0 Å². The zero-order valence-electron chi connectivity index (χ0n) is 21.1. The summed E-state index contributed by atoms with van der Waals surface area (Å²) in [5.74, 6) is -1.19. The number of nitrogens with one attached hydrogen (secondary N) is 1. The number of anilines is 2. The maximum absolute atomic E-state index is 14.2. The summed E-state index contributed by atoms with van der Waals surface area (Å²) in [5, 5.41) is 4.74. The third-order valence-electron chi connectivity index (χ3n) is 6.51. The van der Waals surface area contributed by atoms with Crippen LogP contribution >= 0.6 is 11.3 Å². The monoisotopic (exact) mass is 522 g/mol. The minimum Gasteiger partial charge on any atom is -0.369 e. The van der Waals surface area contributed by atoms with Gasteiger partial charge in [0.15, 0.2) is 0 Å². The van der Waals surface area contributed by atoms with Gasteiger partial charge in [-0.2, -0.15) is 0 Å². The van der Waals surface area contributed by atoms with Gasteiger partial charge in [0.2, 0.25) is 0 Å². The molecule has 3 aromatic rings. The van der Waals surface area contributed by atoms with Gasteiger partial charge in [0.25, 0.3) is 17.7 Å². The van der Waals surface area contributed by atoms with Gasteiger partial charge in [-0.15, -0.1) is 11.3 Å². The summed E-state index contributed by atoms with van der Waals surface area (Å²) in [4.78, 5) is 45.2. The number of halogens is 1. The molecule has 0 bridgehead atoms. The molecule has 37 heavy (non-hydrogen) atoms. The van der Waals surface area contributed by atoms with E-state index < -0.39 is 5.82 Å². The number of carbonyl (C=O) groups excluding carboxylic acids is 3. The number of amides is 3. The van der Waals surface area contributed by atoms with Crippen LogP contribution in [-0.2, 0) is 0 Å². The van der Waals surface area contributed by atoms with Crippen molar-refractivity contribution < 1.29 is 18.8 Å². The largest absolute Gasteiger partial charge is 0.369 e. The number of hydrogen-bond donors (Lipinski definition) is 1. The number of benzene rings is 2. The van der Waals surface area contributed by atoms with Gasteiger partial charge in [-0.3, -0.25) is 14.4 Å². The summed E-state index contributed by atoms with van der Waals surface area (Å²) >= 11 is 1.35. The Bertz CT molecular complexity index is 1260. The lowest BCUT2D eigenvalue weighted by molar-refractivity contribution is 0.0757. The predicted octanol–water partition coefficient (Wildman–Crippen LogP) is 4.97. The molecule has 1 N–H and O–H groups in total. The van der Waals surface area contributed by atoms with Crippen molar-refractivity contribution in [2.75, 3.05) is 49.5 Å². The lowest BCUT2D eigenvalue weighted by Gasteiger charge is -2.28. The van der Waals surface area contributed by atoms with Crippen LogP contribution < -0.4 is 10.2 Å². The Kier molecular flexibility index (Phi) is 8.55. The standard InChI is InChI=1S/C28H31FN4O3S/c1-3-31(4-2)28(36)22-19-20(30-26(34)25-11-7-18-37-25)12-13-24(22)32-14-8-15-33(17-16-32)27(35)21-9-5-6-10-23(21)29/h5-7,9-13,18-19H,3-4,8,14-17H2,1-2H3,(H,30,34). The Morgan fingerprint density at radius 3 is 2.43 bits per heavy atom. The highest BCUT2D eigenvalue weighted by Crippen LogP contribution is 2.28. The van der Waals surface area contributed by atoms with E-state index in [-0.39, 0.29) is 23.3 Å². The van der Waals surface area contributed by atoms with E-state index in [0.29, 0.717) is 61.8 Å². The summed E-state index contributed by atoms with van der Waals surface area (Å²) in [6.07, 6.45) is 0.677. The van der Waals surface area contributed by atoms with Crippen molar-refractivity contribution in [2.45, 2.75) is 20.3 Å². The third-order valence-corrected chi connectivity index (χ3v) is 7.38. The molecule has 0 radical (unpaired) electrons. The molecule has 0 unspecified atom stereocenters. The SMILES string of the molecule is CCN(CC)C(=O)c1cc(NC(=O)c2cccs2)ccc1N1CCCN(C(=O)c2ccccc2F)CC1. The first-order valence-corrected chi connectivity index (χ1v) is 13.4.